The number of nitro benzene ring substituents is 1. The highest BCUT2D eigenvalue weighted by atomic mass is 16.6. The topological polar surface area (TPSA) is 108 Å². The first-order valence-corrected chi connectivity index (χ1v) is 7.89. The summed E-state index contributed by atoms with van der Waals surface area (Å²) in [7, 11) is 3.41. The first kappa shape index (κ1) is 18.4. The summed E-state index contributed by atoms with van der Waals surface area (Å²) in [6, 6.07) is 6.41. The number of rotatable bonds is 6. The van der Waals surface area contributed by atoms with E-state index in [0.717, 1.165) is 12.8 Å². The molecule has 1 N–H and O–H groups in total. The zero-order valence-corrected chi connectivity index (χ0v) is 14.2. The summed E-state index contributed by atoms with van der Waals surface area (Å²) in [4.78, 5) is 24.5. The zero-order chi connectivity index (χ0) is 18.4. The maximum atomic E-state index is 12.1. The van der Waals surface area contributed by atoms with Gasteiger partial charge in [0, 0.05) is 33.3 Å². The van der Waals surface area contributed by atoms with Gasteiger partial charge in [-0.1, -0.05) is 6.07 Å². The molecule has 1 aliphatic rings. The van der Waals surface area contributed by atoms with E-state index >= 15 is 0 Å². The van der Waals surface area contributed by atoms with Crippen LogP contribution in [0.4, 0.5) is 11.4 Å². The van der Waals surface area contributed by atoms with Crippen LogP contribution >= 0.6 is 0 Å². The number of amides is 1. The summed E-state index contributed by atoms with van der Waals surface area (Å²) >= 11 is 0. The fourth-order valence-corrected chi connectivity index (χ4v) is 2.58. The van der Waals surface area contributed by atoms with Crippen molar-refractivity contribution in [2.45, 2.75) is 18.9 Å². The molecule has 8 nitrogen and oxygen atoms in total. The van der Waals surface area contributed by atoms with Crippen molar-refractivity contribution >= 4 is 23.4 Å². The standard InChI is InChI=1S/C17H20N4O4/c1-20(2)15-6-5-12(9-16(15)21(23)24)8-13(10-18)17(22)19-11-14-4-3-7-25-14/h5-6,8-9,14H,3-4,7,11H2,1-2H3,(H,19,22)/b13-8+/t14-/m1/s1. The van der Waals surface area contributed by atoms with Crippen molar-refractivity contribution < 1.29 is 14.5 Å². The number of carbonyl (C=O) groups excluding carboxylic acids is 1. The molecule has 1 aromatic carbocycles. The van der Waals surface area contributed by atoms with E-state index in [2.05, 4.69) is 5.32 Å². The monoisotopic (exact) mass is 344 g/mol. The van der Waals surface area contributed by atoms with Crippen LogP contribution in [-0.4, -0.2) is 44.2 Å². The van der Waals surface area contributed by atoms with Gasteiger partial charge >= 0.3 is 0 Å². The Morgan fingerprint density at radius 3 is 2.88 bits per heavy atom. The lowest BCUT2D eigenvalue weighted by molar-refractivity contribution is -0.384. The molecule has 0 radical (unpaired) electrons. The summed E-state index contributed by atoms with van der Waals surface area (Å²) < 4.78 is 5.42. The number of hydrogen-bond donors (Lipinski definition) is 1. The van der Waals surface area contributed by atoms with Crippen molar-refractivity contribution in [3.8, 4) is 6.07 Å². The number of carbonyl (C=O) groups is 1. The van der Waals surface area contributed by atoms with Gasteiger partial charge < -0.3 is 15.0 Å². The minimum absolute atomic E-state index is 0.0237. The second-order valence-electron chi connectivity index (χ2n) is 5.91. The van der Waals surface area contributed by atoms with Crippen LogP contribution in [0.2, 0.25) is 0 Å². The summed E-state index contributed by atoms with van der Waals surface area (Å²) in [5.74, 6) is -0.516. The number of ether oxygens (including phenoxy) is 1. The Hall–Kier alpha value is -2.92. The number of benzene rings is 1. The van der Waals surface area contributed by atoms with Gasteiger partial charge in [-0.3, -0.25) is 14.9 Å². The van der Waals surface area contributed by atoms with Crippen LogP contribution in [0.25, 0.3) is 6.08 Å². The van der Waals surface area contributed by atoms with Crippen molar-refractivity contribution in [1.82, 2.24) is 5.32 Å². The molecule has 1 atom stereocenters. The molecule has 1 amide bonds. The first-order chi connectivity index (χ1) is 11.9. The van der Waals surface area contributed by atoms with Crippen molar-refractivity contribution in [3.05, 3.63) is 39.4 Å². The van der Waals surface area contributed by atoms with E-state index in [9.17, 15) is 20.2 Å². The molecule has 0 bridgehead atoms. The fraction of sp³-hybridized carbons (Fsp3) is 0.412. The average molecular weight is 344 g/mol. The summed E-state index contributed by atoms with van der Waals surface area (Å²) in [6.45, 7) is 1.03. The molecule has 8 heteroatoms. The molecule has 0 saturated carbocycles. The van der Waals surface area contributed by atoms with Gasteiger partial charge in [-0.2, -0.15) is 5.26 Å². The number of nitrogens with one attached hydrogen (secondary N) is 1. The molecular formula is C17H20N4O4. The largest absolute Gasteiger partial charge is 0.376 e. The number of anilines is 1. The van der Waals surface area contributed by atoms with Crippen LogP contribution in [0, 0.1) is 21.4 Å². The molecule has 1 heterocycles. The van der Waals surface area contributed by atoms with Gasteiger partial charge in [0.1, 0.15) is 17.3 Å². The smallest absolute Gasteiger partial charge is 0.293 e. The van der Waals surface area contributed by atoms with Crippen molar-refractivity contribution in [2.75, 3.05) is 32.1 Å². The quantitative estimate of drug-likeness (QED) is 0.365. The molecule has 0 aliphatic carbocycles. The van der Waals surface area contributed by atoms with Crippen LogP contribution in [-0.2, 0) is 9.53 Å². The second-order valence-corrected chi connectivity index (χ2v) is 5.91. The number of nitrogens with zero attached hydrogens (tertiary/aromatic N) is 3. The van der Waals surface area contributed by atoms with Crippen LogP contribution in [0.1, 0.15) is 18.4 Å². The third-order valence-electron chi connectivity index (χ3n) is 3.87. The lowest BCUT2D eigenvalue weighted by Crippen LogP contribution is -2.32. The second kappa shape index (κ2) is 8.26. The van der Waals surface area contributed by atoms with Crippen molar-refractivity contribution in [1.29, 1.82) is 5.26 Å². The molecule has 0 aromatic heterocycles. The first-order valence-electron chi connectivity index (χ1n) is 7.89. The zero-order valence-electron chi connectivity index (χ0n) is 14.2. The number of nitro groups is 1. The summed E-state index contributed by atoms with van der Waals surface area (Å²) in [5.41, 5.74) is 0.672. The van der Waals surface area contributed by atoms with E-state index in [1.54, 1.807) is 31.1 Å². The van der Waals surface area contributed by atoms with E-state index in [1.165, 1.54) is 12.1 Å². The van der Waals surface area contributed by atoms with Gasteiger partial charge in [0.05, 0.1) is 11.0 Å². The SMILES string of the molecule is CN(C)c1ccc(/C=C(\C#N)C(=O)NC[C@H]2CCCO2)cc1[N+](=O)[O-]. The molecule has 1 aliphatic heterocycles. The van der Waals surface area contributed by atoms with Crippen molar-refractivity contribution in [3.63, 3.8) is 0 Å². The minimum Gasteiger partial charge on any atom is -0.376 e. The van der Waals surface area contributed by atoms with E-state index < -0.39 is 10.8 Å². The normalized spacial score (nSPS) is 17.0. The highest BCUT2D eigenvalue weighted by Gasteiger charge is 2.19. The third kappa shape index (κ3) is 4.78. The van der Waals surface area contributed by atoms with Crippen molar-refractivity contribution in [2.24, 2.45) is 0 Å². The molecule has 0 spiro atoms. The van der Waals surface area contributed by atoms with Gasteiger partial charge in [0.25, 0.3) is 11.6 Å². The predicted molar refractivity (Wildman–Crippen MR) is 93.0 cm³/mol. The molecule has 25 heavy (non-hydrogen) atoms. The Labute approximate surface area is 145 Å². The molecule has 1 saturated heterocycles. The predicted octanol–water partition coefficient (Wildman–Crippen LogP) is 1.86. The van der Waals surface area contributed by atoms with E-state index in [-0.39, 0.29) is 17.4 Å². The Bertz CT molecular complexity index is 731. The van der Waals surface area contributed by atoms with Crippen LogP contribution in [0.15, 0.2) is 23.8 Å². The van der Waals surface area contributed by atoms with E-state index in [4.69, 9.17) is 4.74 Å². The fourth-order valence-electron chi connectivity index (χ4n) is 2.58. The Morgan fingerprint density at radius 2 is 2.32 bits per heavy atom. The van der Waals surface area contributed by atoms with E-state index in [0.29, 0.717) is 24.4 Å². The van der Waals surface area contributed by atoms with Crippen LogP contribution in [0.3, 0.4) is 0 Å². The van der Waals surface area contributed by atoms with E-state index in [1.807, 2.05) is 6.07 Å². The molecule has 1 fully saturated rings. The molecule has 2 rings (SSSR count). The number of nitriles is 1. The van der Waals surface area contributed by atoms with Crippen LogP contribution in [0.5, 0.6) is 0 Å². The van der Waals surface area contributed by atoms with Gasteiger partial charge in [-0.15, -0.1) is 0 Å². The molecule has 132 valence electrons. The molecule has 0 unspecified atom stereocenters. The van der Waals surface area contributed by atoms with Gasteiger partial charge in [-0.25, -0.2) is 0 Å². The summed E-state index contributed by atoms with van der Waals surface area (Å²) in [5, 5.41) is 23.1. The maximum Gasteiger partial charge on any atom is 0.293 e. The molecule has 1 aromatic rings. The highest BCUT2D eigenvalue weighted by molar-refractivity contribution is 6.01. The van der Waals surface area contributed by atoms with Gasteiger partial charge in [-0.05, 0) is 30.5 Å². The summed E-state index contributed by atoms with van der Waals surface area (Å²) in [6.07, 6.45) is 3.16. The lowest BCUT2D eigenvalue weighted by Gasteiger charge is -2.13. The average Bonchev–Trinajstić information content (AvgIpc) is 3.10. The van der Waals surface area contributed by atoms with Crippen LogP contribution < -0.4 is 10.2 Å². The maximum absolute atomic E-state index is 12.1. The Kier molecular flexibility index (Phi) is 6.08. The highest BCUT2D eigenvalue weighted by Crippen LogP contribution is 2.28. The number of hydrogen-bond acceptors (Lipinski definition) is 6. The Morgan fingerprint density at radius 1 is 1.56 bits per heavy atom. The van der Waals surface area contributed by atoms with Gasteiger partial charge in [0.2, 0.25) is 0 Å². The Balaban J connectivity index is 2.17. The third-order valence-corrected chi connectivity index (χ3v) is 3.87. The minimum atomic E-state index is -0.516. The molecular weight excluding hydrogens is 324 g/mol. The lowest BCUT2D eigenvalue weighted by atomic mass is 10.1. The van der Waals surface area contributed by atoms with Gasteiger partial charge in [0.15, 0.2) is 0 Å².